The summed E-state index contributed by atoms with van der Waals surface area (Å²) in [4.78, 5) is -0.318. The van der Waals surface area contributed by atoms with Crippen molar-refractivity contribution in [3.63, 3.8) is 0 Å². The van der Waals surface area contributed by atoms with E-state index in [2.05, 4.69) is 4.72 Å². The van der Waals surface area contributed by atoms with Crippen LogP contribution in [0, 0.1) is 0 Å². The maximum absolute atomic E-state index is 12.5. The van der Waals surface area contributed by atoms with Crippen LogP contribution in [-0.2, 0) is 19.9 Å². The molecule has 0 bridgehead atoms. The van der Waals surface area contributed by atoms with Gasteiger partial charge in [0, 0.05) is 18.3 Å². The van der Waals surface area contributed by atoms with Crippen molar-refractivity contribution in [1.82, 2.24) is 4.72 Å². The molecule has 132 valence electrons. The van der Waals surface area contributed by atoms with Gasteiger partial charge in [0.1, 0.15) is 10.6 Å². The van der Waals surface area contributed by atoms with Crippen LogP contribution in [0.3, 0.4) is 0 Å². The van der Waals surface area contributed by atoms with Crippen molar-refractivity contribution in [1.29, 1.82) is 0 Å². The zero-order chi connectivity index (χ0) is 17.9. The monoisotopic (exact) mass is 364 g/mol. The molecule has 7 nitrogen and oxygen atoms in total. The van der Waals surface area contributed by atoms with E-state index in [1.54, 1.807) is 0 Å². The minimum Gasteiger partial charge on any atom is -0.495 e. The van der Waals surface area contributed by atoms with Gasteiger partial charge in [-0.3, -0.25) is 0 Å². The molecule has 3 N–H and O–H groups in total. The van der Waals surface area contributed by atoms with Crippen LogP contribution < -0.4 is 15.2 Å². The molecule has 0 spiro atoms. The van der Waals surface area contributed by atoms with Crippen LogP contribution in [0.2, 0.25) is 0 Å². The Kier molecular flexibility index (Phi) is 6.19. The number of methoxy groups -OCH3 is 1. The average molecular weight is 364 g/mol. The fraction of sp³-hybridized carbons (Fsp3) is 0.571. The predicted octanol–water partition coefficient (Wildman–Crippen LogP) is 0.895. The molecule has 0 atom stereocenters. The van der Waals surface area contributed by atoms with Crippen molar-refractivity contribution in [2.75, 3.05) is 19.9 Å². The molecule has 1 rings (SSSR count). The molecule has 0 radical (unpaired) electrons. The Morgan fingerprint density at radius 2 is 1.74 bits per heavy atom. The van der Waals surface area contributed by atoms with Gasteiger partial charge in [-0.25, -0.2) is 21.6 Å². The molecule has 0 aromatic heterocycles. The van der Waals surface area contributed by atoms with Gasteiger partial charge in [-0.05, 0) is 31.0 Å². The van der Waals surface area contributed by atoms with Crippen LogP contribution in [0.1, 0.15) is 26.7 Å². The Hall–Kier alpha value is -1.16. The highest BCUT2D eigenvalue weighted by Crippen LogP contribution is 2.27. The van der Waals surface area contributed by atoms with E-state index < -0.39 is 25.4 Å². The molecule has 1 aromatic carbocycles. The first kappa shape index (κ1) is 19.9. The third-order valence-corrected chi connectivity index (χ3v) is 6.41. The van der Waals surface area contributed by atoms with Gasteiger partial charge >= 0.3 is 0 Å². The largest absolute Gasteiger partial charge is 0.495 e. The van der Waals surface area contributed by atoms with Gasteiger partial charge in [0.2, 0.25) is 10.0 Å². The van der Waals surface area contributed by atoms with Crippen LogP contribution in [0.4, 0.5) is 0 Å². The summed E-state index contributed by atoms with van der Waals surface area (Å²) < 4.78 is 55.8. The number of nitrogens with one attached hydrogen (secondary N) is 1. The Bertz CT molecular complexity index is 753. The highest BCUT2D eigenvalue weighted by Gasteiger charge is 2.27. The molecule has 1 aromatic rings. The van der Waals surface area contributed by atoms with E-state index in [1.165, 1.54) is 19.2 Å². The predicted molar refractivity (Wildman–Crippen MR) is 88.8 cm³/mol. The highest BCUT2D eigenvalue weighted by molar-refractivity contribution is 7.91. The third-order valence-electron chi connectivity index (χ3n) is 3.88. The first-order chi connectivity index (χ1) is 10.5. The molecule has 0 saturated heterocycles. The van der Waals surface area contributed by atoms with E-state index in [4.69, 9.17) is 10.5 Å². The number of sulfone groups is 1. The summed E-state index contributed by atoms with van der Waals surface area (Å²) in [6.45, 7) is 3.81. The lowest BCUT2D eigenvalue weighted by molar-refractivity contribution is 0.388. The molecule has 0 aliphatic carbocycles. The second kappa shape index (κ2) is 7.16. The van der Waals surface area contributed by atoms with Gasteiger partial charge in [0.15, 0.2) is 9.84 Å². The van der Waals surface area contributed by atoms with Crippen LogP contribution in [-0.4, -0.2) is 42.3 Å². The van der Waals surface area contributed by atoms with Gasteiger partial charge in [-0.2, -0.15) is 0 Å². The summed E-state index contributed by atoms with van der Waals surface area (Å²) in [5.74, 6) is 0.0699. The van der Waals surface area contributed by atoms with Crippen molar-refractivity contribution in [2.45, 2.75) is 42.0 Å². The normalized spacial score (nSPS) is 13.1. The van der Waals surface area contributed by atoms with E-state index in [9.17, 15) is 16.8 Å². The summed E-state index contributed by atoms with van der Waals surface area (Å²) in [7, 11) is -6.18. The number of nitrogens with two attached hydrogens (primary N) is 1. The summed E-state index contributed by atoms with van der Waals surface area (Å²) >= 11 is 0. The van der Waals surface area contributed by atoms with Gasteiger partial charge < -0.3 is 10.5 Å². The number of benzene rings is 1. The number of sulfonamides is 1. The Balaban J connectivity index is 3.26. The maximum Gasteiger partial charge on any atom is 0.244 e. The van der Waals surface area contributed by atoms with Crippen molar-refractivity contribution < 1.29 is 21.6 Å². The maximum atomic E-state index is 12.5. The number of ether oxygens (including phenoxy) is 1. The summed E-state index contributed by atoms with van der Waals surface area (Å²) in [5, 5.41) is 0. The standard InChI is InChI=1S/C14H24N2O5S2/c1-5-14(15,6-2)10-16-23(19,20)13-9-11(22(4,17)18)7-8-12(13)21-3/h7-9,16H,5-6,10,15H2,1-4H3. The van der Waals surface area contributed by atoms with Crippen LogP contribution >= 0.6 is 0 Å². The molecule has 0 aliphatic heterocycles. The average Bonchev–Trinajstić information content (AvgIpc) is 2.51. The highest BCUT2D eigenvalue weighted by atomic mass is 32.2. The molecule has 9 heteroatoms. The van der Waals surface area contributed by atoms with Crippen LogP contribution in [0.5, 0.6) is 5.75 Å². The molecule has 0 unspecified atom stereocenters. The number of hydrogen-bond donors (Lipinski definition) is 2. The lowest BCUT2D eigenvalue weighted by Gasteiger charge is -2.26. The second-order valence-corrected chi connectivity index (χ2v) is 9.23. The fourth-order valence-corrected chi connectivity index (χ4v) is 3.97. The lowest BCUT2D eigenvalue weighted by atomic mass is 9.95. The molecular formula is C14H24N2O5S2. The van der Waals surface area contributed by atoms with E-state index in [-0.39, 0.29) is 22.1 Å². The SMILES string of the molecule is CCC(N)(CC)CNS(=O)(=O)c1cc(S(C)(=O)=O)ccc1OC. The van der Waals surface area contributed by atoms with Crippen molar-refractivity contribution in [3.05, 3.63) is 18.2 Å². The van der Waals surface area contributed by atoms with E-state index in [1.807, 2.05) is 13.8 Å². The van der Waals surface area contributed by atoms with Gasteiger partial charge in [0.25, 0.3) is 0 Å². The third kappa shape index (κ3) is 4.90. The van der Waals surface area contributed by atoms with Crippen LogP contribution in [0.15, 0.2) is 28.0 Å². The first-order valence-corrected chi connectivity index (χ1v) is 10.5. The van der Waals surface area contributed by atoms with E-state index in [0.29, 0.717) is 12.8 Å². The molecule has 0 saturated carbocycles. The zero-order valence-corrected chi connectivity index (χ0v) is 15.4. The number of rotatable bonds is 8. The smallest absolute Gasteiger partial charge is 0.244 e. The fourth-order valence-electron chi connectivity index (χ4n) is 1.91. The quantitative estimate of drug-likeness (QED) is 0.708. The molecule has 0 amide bonds. The Morgan fingerprint density at radius 3 is 2.17 bits per heavy atom. The number of hydrogen-bond acceptors (Lipinski definition) is 6. The molecule has 0 heterocycles. The summed E-state index contributed by atoms with van der Waals surface area (Å²) in [6.07, 6.45) is 2.22. The minimum atomic E-state index is -3.96. The van der Waals surface area contributed by atoms with E-state index in [0.717, 1.165) is 12.3 Å². The van der Waals surface area contributed by atoms with E-state index >= 15 is 0 Å². The second-order valence-electron chi connectivity index (χ2n) is 5.48. The van der Waals surface area contributed by atoms with Crippen LogP contribution in [0.25, 0.3) is 0 Å². The topological polar surface area (TPSA) is 116 Å². The molecule has 23 heavy (non-hydrogen) atoms. The van der Waals surface area contributed by atoms with Crippen molar-refractivity contribution in [2.24, 2.45) is 5.73 Å². The van der Waals surface area contributed by atoms with Gasteiger partial charge in [-0.1, -0.05) is 13.8 Å². The first-order valence-electron chi connectivity index (χ1n) is 7.15. The summed E-state index contributed by atoms with van der Waals surface area (Å²) in [6, 6.07) is 3.71. The van der Waals surface area contributed by atoms with Gasteiger partial charge in [-0.15, -0.1) is 0 Å². The van der Waals surface area contributed by atoms with Crippen molar-refractivity contribution >= 4 is 19.9 Å². The van der Waals surface area contributed by atoms with Crippen molar-refractivity contribution in [3.8, 4) is 5.75 Å². The molecular weight excluding hydrogens is 340 g/mol. The summed E-state index contributed by atoms with van der Waals surface area (Å²) in [5.41, 5.74) is 5.44. The van der Waals surface area contributed by atoms with Gasteiger partial charge in [0.05, 0.1) is 12.0 Å². The molecule has 0 fully saturated rings. The minimum absolute atomic E-state index is 0.0502. The lowest BCUT2D eigenvalue weighted by Crippen LogP contribution is -2.49. The Morgan fingerprint density at radius 1 is 1.17 bits per heavy atom. The zero-order valence-electron chi connectivity index (χ0n) is 13.8. The Labute approximate surface area is 138 Å². The molecule has 0 aliphatic rings.